The quantitative estimate of drug-likeness (QED) is 0.212. The van der Waals surface area contributed by atoms with Crippen molar-refractivity contribution >= 4 is 5.97 Å². The van der Waals surface area contributed by atoms with Gasteiger partial charge in [0.25, 0.3) is 0 Å². The molecular weight excluding hydrogens is 316 g/mol. The maximum atomic E-state index is 11.0. The van der Waals surface area contributed by atoms with Crippen LogP contribution in [0, 0.1) is 0 Å². The smallest absolute Gasteiger partial charge is 0.330 e. The Bertz CT molecular complexity index is 295. The summed E-state index contributed by atoms with van der Waals surface area (Å²) in [4.78, 5) is 11.0. The second-order valence-corrected chi connectivity index (χ2v) is 4.73. The molecule has 0 aromatic carbocycles. The average Bonchev–Trinajstić information content (AvgIpc) is 2.58. The van der Waals surface area contributed by atoms with Crippen LogP contribution < -0.4 is 0 Å². The molecule has 0 heterocycles. The van der Waals surface area contributed by atoms with Crippen molar-refractivity contribution in [1.29, 1.82) is 0 Å². The lowest BCUT2D eigenvalue weighted by molar-refractivity contribution is -0.139. The number of allylic oxidation sites excluding steroid dienone is 1. The Labute approximate surface area is 145 Å². The van der Waals surface area contributed by atoms with Crippen molar-refractivity contribution in [3.8, 4) is 0 Å². The molecule has 7 nitrogen and oxygen atoms in total. The van der Waals surface area contributed by atoms with E-state index in [0.29, 0.717) is 59.5 Å². The molecule has 0 fully saturated rings. The first-order chi connectivity index (χ1) is 11.8. The van der Waals surface area contributed by atoms with Gasteiger partial charge in [0.1, 0.15) is 6.61 Å². The van der Waals surface area contributed by atoms with Crippen molar-refractivity contribution in [3.05, 3.63) is 12.2 Å². The van der Waals surface area contributed by atoms with Gasteiger partial charge in [-0.2, -0.15) is 0 Å². The zero-order valence-electron chi connectivity index (χ0n) is 15.0. The first-order valence-corrected chi connectivity index (χ1v) is 8.49. The van der Waals surface area contributed by atoms with E-state index in [1.807, 2.05) is 0 Å². The van der Waals surface area contributed by atoms with Crippen LogP contribution in [0.2, 0.25) is 0 Å². The van der Waals surface area contributed by atoms with Crippen LogP contribution >= 0.6 is 0 Å². The summed E-state index contributed by atoms with van der Waals surface area (Å²) >= 11 is 0. The summed E-state index contributed by atoms with van der Waals surface area (Å²) in [6.45, 7) is 9.54. The van der Waals surface area contributed by atoms with Gasteiger partial charge in [-0.05, 0) is 13.3 Å². The summed E-state index contributed by atoms with van der Waals surface area (Å²) in [6.07, 6.45) is 4.03. The first kappa shape index (κ1) is 23.0. The molecule has 0 aromatic heterocycles. The molecular formula is C17H32O7. The SMILES string of the molecule is C/C=C/C(=O)OCCOCCOCCOCCOCCOCCC. The van der Waals surface area contributed by atoms with Crippen molar-refractivity contribution in [2.24, 2.45) is 0 Å². The zero-order chi connectivity index (χ0) is 17.7. The molecule has 0 saturated carbocycles. The highest BCUT2D eigenvalue weighted by molar-refractivity contribution is 5.81. The van der Waals surface area contributed by atoms with Crippen molar-refractivity contribution in [1.82, 2.24) is 0 Å². The van der Waals surface area contributed by atoms with E-state index in [4.69, 9.17) is 28.4 Å². The number of carbonyl (C=O) groups excluding carboxylic acids is 1. The molecule has 0 aliphatic rings. The molecule has 0 unspecified atom stereocenters. The van der Waals surface area contributed by atoms with Crippen LogP contribution in [0.25, 0.3) is 0 Å². The number of ether oxygens (including phenoxy) is 6. The van der Waals surface area contributed by atoms with E-state index < -0.39 is 0 Å². The van der Waals surface area contributed by atoms with Crippen molar-refractivity contribution < 1.29 is 33.2 Å². The van der Waals surface area contributed by atoms with Gasteiger partial charge in [0, 0.05) is 12.7 Å². The number of hydrogen-bond acceptors (Lipinski definition) is 7. The maximum absolute atomic E-state index is 11.0. The van der Waals surface area contributed by atoms with Crippen LogP contribution in [0.15, 0.2) is 12.2 Å². The van der Waals surface area contributed by atoms with E-state index in [2.05, 4.69) is 6.92 Å². The molecule has 0 amide bonds. The fourth-order valence-corrected chi connectivity index (χ4v) is 1.51. The highest BCUT2D eigenvalue weighted by Gasteiger charge is 1.96. The Kier molecular flexibility index (Phi) is 19.2. The van der Waals surface area contributed by atoms with Crippen molar-refractivity contribution in [2.75, 3.05) is 72.7 Å². The number of hydrogen-bond donors (Lipinski definition) is 0. The van der Waals surface area contributed by atoms with Crippen LogP contribution in [-0.2, 0) is 33.2 Å². The Morgan fingerprint density at radius 3 is 1.42 bits per heavy atom. The monoisotopic (exact) mass is 348 g/mol. The minimum Gasteiger partial charge on any atom is -0.460 e. The maximum Gasteiger partial charge on any atom is 0.330 e. The lowest BCUT2D eigenvalue weighted by atomic mass is 10.5. The Balaban J connectivity index is 3.04. The summed E-state index contributed by atoms with van der Waals surface area (Å²) in [7, 11) is 0. The minimum atomic E-state index is -0.355. The standard InChI is InChI=1S/C17H32O7/c1-3-5-17(18)24-16-15-23-14-13-22-12-11-21-10-9-20-8-7-19-6-4-2/h3,5H,4,6-16H2,1-2H3/b5-3+. The molecule has 0 aliphatic heterocycles. The van der Waals surface area contributed by atoms with E-state index in [1.54, 1.807) is 13.0 Å². The topological polar surface area (TPSA) is 72.5 Å². The van der Waals surface area contributed by atoms with Gasteiger partial charge in [-0.3, -0.25) is 0 Å². The Hall–Kier alpha value is -0.990. The highest BCUT2D eigenvalue weighted by atomic mass is 16.6. The summed E-state index contributed by atoms with van der Waals surface area (Å²) in [5.74, 6) is -0.355. The second-order valence-electron chi connectivity index (χ2n) is 4.73. The van der Waals surface area contributed by atoms with E-state index >= 15 is 0 Å². The van der Waals surface area contributed by atoms with Crippen molar-refractivity contribution in [3.63, 3.8) is 0 Å². The number of carbonyl (C=O) groups is 1. The van der Waals surface area contributed by atoms with Crippen LogP contribution in [0.3, 0.4) is 0 Å². The van der Waals surface area contributed by atoms with Crippen LogP contribution in [-0.4, -0.2) is 78.6 Å². The largest absolute Gasteiger partial charge is 0.460 e. The van der Waals surface area contributed by atoms with Gasteiger partial charge >= 0.3 is 5.97 Å². The normalized spacial score (nSPS) is 11.2. The molecule has 0 spiro atoms. The van der Waals surface area contributed by atoms with E-state index in [1.165, 1.54) is 6.08 Å². The van der Waals surface area contributed by atoms with Gasteiger partial charge in [0.05, 0.1) is 59.5 Å². The predicted octanol–water partition coefficient (Wildman–Crippen LogP) is 1.60. The highest BCUT2D eigenvalue weighted by Crippen LogP contribution is 1.86. The lowest BCUT2D eigenvalue weighted by Crippen LogP contribution is -2.14. The third-order valence-electron chi connectivity index (χ3n) is 2.61. The fraction of sp³-hybridized carbons (Fsp3) is 0.824. The zero-order valence-corrected chi connectivity index (χ0v) is 15.0. The van der Waals surface area contributed by atoms with Crippen LogP contribution in [0.5, 0.6) is 0 Å². The van der Waals surface area contributed by atoms with Crippen LogP contribution in [0.1, 0.15) is 20.3 Å². The predicted molar refractivity (Wildman–Crippen MR) is 90.2 cm³/mol. The number of esters is 1. The second kappa shape index (κ2) is 20.1. The van der Waals surface area contributed by atoms with Gasteiger partial charge in [0.2, 0.25) is 0 Å². The number of rotatable bonds is 18. The summed E-state index contributed by atoms with van der Waals surface area (Å²) in [5.41, 5.74) is 0. The molecule has 0 aromatic rings. The van der Waals surface area contributed by atoms with E-state index in [-0.39, 0.29) is 12.6 Å². The van der Waals surface area contributed by atoms with Gasteiger partial charge in [-0.1, -0.05) is 13.0 Å². The molecule has 0 aliphatic carbocycles. The Morgan fingerprint density at radius 1 is 0.667 bits per heavy atom. The van der Waals surface area contributed by atoms with E-state index in [0.717, 1.165) is 13.0 Å². The summed E-state index contributed by atoms with van der Waals surface area (Å²) < 4.78 is 31.5. The summed E-state index contributed by atoms with van der Waals surface area (Å²) in [5, 5.41) is 0. The van der Waals surface area contributed by atoms with Gasteiger partial charge in [0.15, 0.2) is 0 Å². The third-order valence-corrected chi connectivity index (χ3v) is 2.61. The molecule has 142 valence electrons. The molecule has 0 saturated heterocycles. The molecule has 0 radical (unpaired) electrons. The van der Waals surface area contributed by atoms with E-state index in [9.17, 15) is 4.79 Å². The Morgan fingerprint density at radius 2 is 1.04 bits per heavy atom. The minimum absolute atomic E-state index is 0.246. The molecule has 0 atom stereocenters. The molecule has 7 heteroatoms. The van der Waals surface area contributed by atoms with Crippen molar-refractivity contribution in [2.45, 2.75) is 20.3 Å². The first-order valence-electron chi connectivity index (χ1n) is 8.49. The summed E-state index contributed by atoms with van der Waals surface area (Å²) in [6, 6.07) is 0. The fourth-order valence-electron chi connectivity index (χ4n) is 1.51. The van der Waals surface area contributed by atoms with Gasteiger partial charge < -0.3 is 28.4 Å². The van der Waals surface area contributed by atoms with Crippen LogP contribution in [0.4, 0.5) is 0 Å². The third kappa shape index (κ3) is 19.1. The molecule has 0 bridgehead atoms. The lowest BCUT2D eigenvalue weighted by Gasteiger charge is -2.08. The molecule has 24 heavy (non-hydrogen) atoms. The average molecular weight is 348 g/mol. The molecule has 0 N–H and O–H groups in total. The van der Waals surface area contributed by atoms with Gasteiger partial charge in [-0.25, -0.2) is 4.79 Å². The van der Waals surface area contributed by atoms with Gasteiger partial charge in [-0.15, -0.1) is 0 Å². The molecule has 0 rings (SSSR count).